The number of hydrogen-bond acceptors (Lipinski definition) is 4. The Hall–Kier alpha value is -1.60. The van der Waals surface area contributed by atoms with Crippen LogP contribution in [0, 0.1) is 17.2 Å². The van der Waals surface area contributed by atoms with Gasteiger partial charge in [-0.05, 0) is 30.4 Å². The normalized spacial score (nSPS) is 23.4. The first kappa shape index (κ1) is 10.9. The van der Waals surface area contributed by atoms with Crippen molar-refractivity contribution in [3.8, 4) is 6.07 Å². The summed E-state index contributed by atoms with van der Waals surface area (Å²) in [4.78, 5) is 4.48. The number of pyridine rings is 1. The quantitative estimate of drug-likeness (QED) is 0.555. The molecule has 2 atom stereocenters. The fourth-order valence-corrected chi connectivity index (χ4v) is 2.26. The lowest BCUT2D eigenvalue weighted by atomic mass is 9.79. The highest BCUT2D eigenvalue weighted by Gasteiger charge is 2.25. The third kappa shape index (κ3) is 1.63. The highest BCUT2D eigenvalue weighted by molar-refractivity contribution is 5.54. The highest BCUT2D eigenvalue weighted by Crippen LogP contribution is 2.35. The van der Waals surface area contributed by atoms with Gasteiger partial charge < -0.3 is 5.43 Å². The number of aromatic nitrogens is 1. The molecule has 1 aromatic rings. The minimum absolute atomic E-state index is 0.434. The SMILES string of the molecule is CC1CCc2cc(C#N)c(NN)nc2C1C. The molecule has 0 saturated carbocycles. The van der Waals surface area contributed by atoms with Gasteiger partial charge in [0, 0.05) is 11.6 Å². The molecule has 0 fully saturated rings. The second-order valence-electron chi connectivity index (χ2n) is 4.49. The molecule has 0 radical (unpaired) electrons. The van der Waals surface area contributed by atoms with Crippen LogP contribution in [0.2, 0.25) is 0 Å². The van der Waals surface area contributed by atoms with Gasteiger partial charge in [0.15, 0.2) is 5.82 Å². The summed E-state index contributed by atoms with van der Waals surface area (Å²) >= 11 is 0. The molecule has 1 aromatic heterocycles. The van der Waals surface area contributed by atoms with Crippen molar-refractivity contribution in [1.82, 2.24) is 4.98 Å². The monoisotopic (exact) mass is 216 g/mol. The van der Waals surface area contributed by atoms with E-state index in [9.17, 15) is 0 Å². The van der Waals surface area contributed by atoms with Gasteiger partial charge in [-0.2, -0.15) is 5.26 Å². The number of rotatable bonds is 1. The minimum atomic E-state index is 0.434. The maximum Gasteiger partial charge on any atom is 0.158 e. The van der Waals surface area contributed by atoms with E-state index in [0.717, 1.165) is 18.5 Å². The largest absolute Gasteiger partial charge is 0.307 e. The molecule has 1 heterocycles. The standard InChI is InChI=1S/C12H16N4/c1-7-3-4-9-5-10(6-13)12(16-14)15-11(9)8(7)2/h5,7-8H,3-4,14H2,1-2H3,(H,15,16). The molecule has 0 spiro atoms. The Labute approximate surface area is 95.5 Å². The predicted octanol–water partition coefficient (Wildman–Crippen LogP) is 1.92. The minimum Gasteiger partial charge on any atom is -0.307 e. The predicted molar refractivity (Wildman–Crippen MR) is 62.7 cm³/mol. The number of aryl methyl sites for hydroxylation is 1. The van der Waals surface area contributed by atoms with Crippen molar-refractivity contribution >= 4 is 5.82 Å². The lowest BCUT2D eigenvalue weighted by molar-refractivity contribution is 0.417. The average molecular weight is 216 g/mol. The van der Waals surface area contributed by atoms with Crippen molar-refractivity contribution in [2.75, 3.05) is 5.43 Å². The Bertz CT molecular complexity index is 447. The summed E-state index contributed by atoms with van der Waals surface area (Å²) in [5.74, 6) is 6.94. The van der Waals surface area contributed by atoms with Crippen molar-refractivity contribution < 1.29 is 0 Å². The molecule has 0 aromatic carbocycles. The zero-order valence-electron chi connectivity index (χ0n) is 9.62. The highest BCUT2D eigenvalue weighted by atomic mass is 15.3. The van der Waals surface area contributed by atoms with Crippen LogP contribution in [0.4, 0.5) is 5.82 Å². The summed E-state index contributed by atoms with van der Waals surface area (Å²) in [6.45, 7) is 4.42. The van der Waals surface area contributed by atoms with E-state index in [1.807, 2.05) is 6.07 Å². The Morgan fingerprint density at radius 1 is 1.56 bits per heavy atom. The van der Waals surface area contributed by atoms with Crippen LogP contribution in [-0.2, 0) is 6.42 Å². The number of hydrazine groups is 1. The van der Waals surface area contributed by atoms with E-state index < -0.39 is 0 Å². The zero-order valence-corrected chi connectivity index (χ0v) is 9.62. The van der Waals surface area contributed by atoms with Crippen molar-refractivity contribution in [3.63, 3.8) is 0 Å². The summed E-state index contributed by atoms with van der Waals surface area (Å²) in [5.41, 5.74) is 5.31. The van der Waals surface area contributed by atoms with Gasteiger partial charge in [-0.1, -0.05) is 13.8 Å². The topological polar surface area (TPSA) is 74.7 Å². The average Bonchev–Trinajstić information content (AvgIpc) is 2.32. The Morgan fingerprint density at radius 2 is 2.31 bits per heavy atom. The summed E-state index contributed by atoms with van der Waals surface area (Å²) in [6.07, 6.45) is 2.17. The van der Waals surface area contributed by atoms with E-state index in [4.69, 9.17) is 11.1 Å². The third-order valence-electron chi connectivity index (χ3n) is 3.55. The van der Waals surface area contributed by atoms with Gasteiger partial charge in [-0.15, -0.1) is 0 Å². The lowest BCUT2D eigenvalue weighted by Gasteiger charge is -2.28. The van der Waals surface area contributed by atoms with Crippen LogP contribution in [0.5, 0.6) is 0 Å². The van der Waals surface area contributed by atoms with E-state index in [0.29, 0.717) is 23.2 Å². The number of nitrogens with one attached hydrogen (secondary N) is 1. The van der Waals surface area contributed by atoms with Crippen LogP contribution in [0.1, 0.15) is 43.0 Å². The maximum absolute atomic E-state index is 8.98. The van der Waals surface area contributed by atoms with Gasteiger partial charge in [0.25, 0.3) is 0 Å². The van der Waals surface area contributed by atoms with E-state index in [2.05, 4.69) is 30.3 Å². The van der Waals surface area contributed by atoms with Gasteiger partial charge in [0.1, 0.15) is 6.07 Å². The van der Waals surface area contributed by atoms with Crippen molar-refractivity contribution in [2.45, 2.75) is 32.6 Å². The van der Waals surface area contributed by atoms with Gasteiger partial charge in [-0.3, -0.25) is 0 Å². The molecule has 16 heavy (non-hydrogen) atoms. The van der Waals surface area contributed by atoms with Gasteiger partial charge in [0.2, 0.25) is 0 Å². The Kier molecular flexibility index (Phi) is 2.80. The molecule has 0 aliphatic heterocycles. The fraction of sp³-hybridized carbons (Fsp3) is 0.500. The third-order valence-corrected chi connectivity index (χ3v) is 3.55. The molecule has 3 N–H and O–H groups in total. The lowest BCUT2D eigenvalue weighted by Crippen LogP contribution is -2.20. The van der Waals surface area contributed by atoms with Crippen molar-refractivity contribution in [1.29, 1.82) is 5.26 Å². The smallest absolute Gasteiger partial charge is 0.158 e. The summed E-state index contributed by atoms with van der Waals surface area (Å²) in [7, 11) is 0. The molecule has 1 aliphatic carbocycles. The van der Waals surface area contributed by atoms with Crippen LogP contribution in [0.25, 0.3) is 0 Å². The van der Waals surface area contributed by atoms with Gasteiger partial charge in [-0.25, -0.2) is 10.8 Å². The summed E-state index contributed by atoms with van der Waals surface area (Å²) < 4.78 is 0. The van der Waals surface area contributed by atoms with Crippen LogP contribution in [-0.4, -0.2) is 4.98 Å². The molecule has 0 amide bonds. The maximum atomic E-state index is 8.98. The summed E-state index contributed by atoms with van der Waals surface area (Å²) in [5, 5.41) is 8.98. The summed E-state index contributed by atoms with van der Waals surface area (Å²) in [6, 6.07) is 4.03. The van der Waals surface area contributed by atoms with Crippen LogP contribution >= 0.6 is 0 Å². The second kappa shape index (κ2) is 4.11. The van der Waals surface area contributed by atoms with E-state index in [1.54, 1.807) is 0 Å². The number of nitrogen functional groups attached to an aromatic ring is 1. The molecule has 4 heteroatoms. The molecule has 0 bridgehead atoms. The molecule has 2 rings (SSSR count). The number of hydrogen-bond donors (Lipinski definition) is 2. The first-order valence-corrected chi connectivity index (χ1v) is 5.58. The van der Waals surface area contributed by atoms with E-state index in [1.165, 1.54) is 5.56 Å². The molecule has 0 saturated heterocycles. The van der Waals surface area contributed by atoms with Gasteiger partial charge in [0.05, 0.1) is 5.56 Å². The number of anilines is 1. The number of nitriles is 1. The number of nitrogens with two attached hydrogens (primary N) is 1. The number of nitrogens with zero attached hydrogens (tertiary/aromatic N) is 2. The molecular weight excluding hydrogens is 200 g/mol. The number of fused-ring (bicyclic) bond motifs is 1. The zero-order chi connectivity index (χ0) is 11.7. The van der Waals surface area contributed by atoms with E-state index in [-0.39, 0.29) is 0 Å². The molecule has 1 aliphatic rings. The first-order chi connectivity index (χ1) is 7.67. The molecule has 2 unspecified atom stereocenters. The Morgan fingerprint density at radius 3 is 2.94 bits per heavy atom. The Balaban J connectivity index is 2.53. The second-order valence-corrected chi connectivity index (χ2v) is 4.49. The molecule has 4 nitrogen and oxygen atoms in total. The molecule has 84 valence electrons. The molecular formula is C12H16N4. The van der Waals surface area contributed by atoms with E-state index >= 15 is 0 Å². The van der Waals surface area contributed by atoms with Crippen molar-refractivity contribution in [2.24, 2.45) is 11.8 Å². The van der Waals surface area contributed by atoms with Crippen LogP contribution in [0.3, 0.4) is 0 Å². The fourth-order valence-electron chi connectivity index (χ4n) is 2.26. The van der Waals surface area contributed by atoms with Crippen LogP contribution < -0.4 is 11.3 Å². The van der Waals surface area contributed by atoms with Crippen molar-refractivity contribution in [3.05, 3.63) is 22.9 Å². The first-order valence-electron chi connectivity index (χ1n) is 5.58. The van der Waals surface area contributed by atoms with Gasteiger partial charge >= 0.3 is 0 Å². The van der Waals surface area contributed by atoms with Crippen LogP contribution in [0.15, 0.2) is 6.07 Å².